The van der Waals surface area contributed by atoms with E-state index in [-0.39, 0.29) is 16.7 Å². The minimum Gasteiger partial charge on any atom is -0.339 e. The van der Waals surface area contributed by atoms with Gasteiger partial charge in [0.05, 0.1) is 4.88 Å². The van der Waals surface area contributed by atoms with Crippen LogP contribution in [0, 0.1) is 13.8 Å². The maximum atomic E-state index is 12.4. The molecule has 0 spiro atoms. The lowest BCUT2D eigenvalue weighted by Gasteiger charge is -2.34. The number of thiazole rings is 1. The monoisotopic (exact) mass is 379 g/mol. The maximum Gasteiger partial charge on any atom is 0.307 e. The van der Waals surface area contributed by atoms with Gasteiger partial charge in [0.1, 0.15) is 0 Å². The zero-order valence-corrected chi connectivity index (χ0v) is 16.0. The van der Waals surface area contributed by atoms with Crippen molar-refractivity contribution in [2.24, 2.45) is 0 Å². The average Bonchev–Trinajstić information content (AvgIpc) is 3.18. The number of amides is 2. The second-order valence-corrected chi connectivity index (χ2v) is 8.24. The van der Waals surface area contributed by atoms with E-state index in [1.54, 1.807) is 9.47 Å². The Morgan fingerprint density at radius 2 is 1.76 bits per heavy atom. The van der Waals surface area contributed by atoms with Gasteiger partial charge >= 0.3 is 4.87 Å². The molecule has 0 unspecified atom stereocenters. The van der Waals surface area contributed by atoms with Crippen LogP contribution in [0.3, 0.4) is 0 Å². The Labute approximate surface area is 154 Å². The third-order valence-corrected chi connectivity index (χ3v) is 6.27. The predicted octanol–water partition coefficient (Wildman–Crippen LogP) is 1.96. The lowest BCUT2D eigenvalue weighted by atomic mass is 10.2. The number of nitrogens with zero attached hydrogens (tertiary/aromatic N) is 3. The van der Waals surface area contributed by atoms with Crippen molar-refractivity contribution in [1.82, 2.24) is 14.4 Å². The molecule has 0 saturated carbocycles. The molecule has 25 heavy (non-hydrogen) atoms. The first-order valence-electron chi connectivity index (χ1n) is 8.24. The summed E-state index contributed by atoms with van der Waals surface area (Å²) < 4.78 is 1.64. The normalized spacial score (nSPS) is 14.8. The fraction of sp³-hybridized carbons (Fsp3) is 0.471. The van der Waals surface area contributed by atoms with Gasteiger partial charge < -0.3 is 14.4 Å². The maximum absolute atomic E-state index is 12.4. The highest BCUT2D eigenvalue weighted by molar-refractivity contribution is 7.13. The van der Waals surface area contributed by atoms with E-state index in [0.717, 1.165) is 26.8 Å². The van der Waals surface area contributed by atoms with Crippen molar-refractivity contribution >= 4 is 34.5 Å². The Hall–Kier alpha value is -1.93. The second kappa shape index (κ2) is 7.53. The van der Waals surface area contributed by atoms with E-state index in [4.69, 9.17) is 0 Å². The summed E-state index contributed by atoms with van der Waals surface area (Å²) in [5.74, 6) is 0.0854. The smallest absolute Gasteiger partial charge is 0.307 e. The van der Waals surface area contributed by atoms with Crippen LogP contribution >= 0.6 is 22.7 Å². The second-order valence-electron chi connectivity index (χ2n) is 6.13. The molecule has 1 aliphatic rings. The van der Waals surface area contributed by atoms with Crippen LogP contribution in [-0.2, 0) is 11.3 Å². The summed E-state index contributed by atoms with van der Waals surface area (Å²) in [5, 5.41) is 1.81. The zero-order chi connectivity index (χ0) is 18.0. The van der Waals surface area contributed by atoms with Crippen molar-refractivity contribution in [1.29, 1.82) is 0 Å². The SMILES string of the molecule is Cc1ccc(C(=O)N2CCN(C(=O)CCn3c(C)csc3=O)CC2)s1. The molecule has 8 heteroatoms. The molecule has 134 valence electrons. The highest BCUT2D eigenvalue weighted by Crippen LogP contribution is 2.18. The van der Waals surface area contributed by atoms with Gasteiger partial charge in [-0.1, -0.05) is 11.3 Å². The topological polar surface area (TPSA) is 62.6 Å². The highest BCUT2D eigenvalue weighted by Gasteiger charge is 2.25. The standard InChI is InChI=1S/C17H21N3O3S2/c1-12-11-24-17(23)20(12)6-5-15(21)18-7-9-19(10-8-18)16(22)14-4-3-13(2)25-14/h3-4,11H,5-10H2,1-2H3. The Balaban J connectivity index is 1.51. The van der Waals surface area contributed by atoms with Crippen molar-refractivity contribution in [3.05, 3.63) is 42.6 Å². The van der Waals surface area contributed by atoms with E-state index >= 15 is 0 Å². The van der Waals surface area contributed by atoms with Crippen LogP contribution in [0.25, 0.3) is 0 Å². The number of thiophene rings is 1. The quantitative estimate of drug-likeness (QED) is 0.816. The van der Waals surface area contributed by atoms with Crippen molar-refractivity contribution in [3.8, 4) is 0 Å². The summed E-state index contributed by atoms with van der Waals surface area (Å²) in [5.41, 5.74) is 0.893. The molecule has 6 nitrogen and oxygen atoms in total. The molecule has 3 heterocycles. The number of carbonyl (C=O) groups excluding carboxylic acids is 2. The third kappa shape index (κ3) is 4.01. The van der Waals surface area contributed by atoms with E-state index in [0.29, 0.717) is 39.1 Å². The molecule has 0 radical (unpaired) electrons. The lowest BCUT2D eigenvalue weighted by molar-refractivity contribution is -0.132. The first-order valence-corrected chi connectivity index (χ1v) is 9.94. The molecular formula is C17H21N3O3S2. The van der Waals surface area contributed by atoms with Crippen molar-refractivity contribution in [2.45, 2.75) is 26.8 Å². The van der Waals surface area contributed by atoms with Crippen molar-refractivity contribution in [3.63, 3.8) is 0 Å². The molecule has 1 aliphatic heterocycles. The van der Waals surface area contributed by atoms with Crippen LogP contribution in [0.5, 0.6) is 0 Å². The average molecular weight is 380 g/mol. The van der Waals surface area contributed by atoms with E-state index in [2.05, 4.69) is 0 Å². The molecule has 1 fully saturated rings. The number of aromatic nitrogens is 1. The number of hydrogen-bond donors (Lipinski definition) is 0. The largest absolute Gasteiger partial charge is 0.339 e. The van der Waals surface area contributed by atoms with Crippen molar-refractivity contribution < 1.29 is 9.59 Å². The first-order chi connectivity index (χ1) is 12.0. The summed E-state index contributed by atoms with van der Waals surface area (Å²) in [6.07, 6.45) is 0.315. The molecule has 0 N–H and O–H groups in total. The lowest BCUT2D eigenvalue weighted by Crippen LogP contribution is -2.50. The zero-order valence-electron chi connectivity index (χ0n) is 14.4. The summed E-state index contributed by atoms with van der Waals surface area (Å²) in [4.78, 5) is 42.0. The summed E-state index contributed by atoms with van der Waals surface area (Å²) in [7, 11) is 0. The molecule has 2 aromatic rings. The van der Waals surface area contributed by atoms with Crippen LogP contribution in [0.2, 0.25) is 0 Å². The van der Waals surface area contributed by atoms with Gasteiger partial charge in [-0.2, -0.15) is 0 Å². The Bertz CT molecular complexity index is 828. The molecule has 3 rings (SSSR count). The number of aryl methyl sites for hydroxylation is 2. The van der Waals surface area contributed by atoms with Gasteiger partial charge in [-0.15, -0.1) is 11.3 Å². The van der Waals surface area contributed by atoms with Crippen LogP contribution in [0.4, 0.5) is 0 Å². The Morgan fingerprint density at radius 1 is 1.08 bits per heavy atom. The number of hydrogen-bond acceptors (Lipinski definition) is 5. The van der Waals surface area contributed by atoms with Gasteiger partial charge in [0.2, 0.25) is 5.91 Å². The minimum absolute atomic E-state index is 0.0213. The van der Waals surface area contributed by atoms with Gasteiger partial charge in [-0.3, -0.25) is 14.4 Å². The molecular weight excluding hydrogens is 358 g/mol. The van der Waals surface area contributed by atoms with Crippen LogP contribution < -0.4 is 4.87 Å². The van der Waals surface area contributed by atoms with E-state index in [1.807, 2.05) is 36.3 Å². The summed E-state index contributed by atoms with van der Waals surface area (Å²) >= 11 is 2.66. The predicted molar refractivity (Wildman–Crippen MR) is 99.5 cm³/mol. The van der Waals surface area contributed by atoms with Crippen LogP contribution in [-0.4, -0.2) is 52.4 Å². The van der Waals surface area contributed by atoms with Crippen LogP contribution in [0.15, 0.2) is 22.3 Å². The fourth-order valence-electron chi connectivity index (χ4n) is 2.90. The molecule has 0 bridgehead atoms. The molecule has 2 aromatic heterocycles. The molecule has 0 atom stereocenters. The van der Waals surface area contributed by atoms with Crippen molar-refractivity contribution in [2.75, 3.05) is 26.2 Å². The third-order valence-electron chi connectivity index (χ3n) is 4.40. The highest BCUT2D eigenvalue weighted by atomic mass is 32.1. The molecule has 1 saturated heterocycles. The van der Waals surface area contributed by atoms with Gasteiger partial charge in [0.15, 0.2) is 0 Å². The van der Waals surface area contributed by atoms with Gasteiger partial charge in [-0.05, 0) is 26.0 Å². The Morgan fingerprint density at radius 3 is 2.32 bits per heavy atom. The Kier molecular flexibility index (Phi) is 5.39. The molecule has 0 aromatic carbocycles. The van der Waals surface area contributed by atoms with Gasteiger partial charge in [0, 0.05) is 55.1 Å². The van der Waals surface area contributed by atoms with Crippen LogP contribution in [0.1, 0.15) is 26.7 Å². The van der Waals surface area contributed by atoms with E-state index < -0.39 is 0 Å². The molecule has 0 aliphatic carbocycles. The number of piperazine rings is 1. The van der Waals surface area contributed by atoms with Gasteiger partial charge in [-0.25, -0.2) is 0 Å². The minimum atomic E-state index is -0.0213. The number of carbonyl (C=O) groups is 2. The van der Waals surface area contributed by atoms with E-state index in [1.165, 1.54) is 11.3 Å². The summed E-state index contributed by atoms with van der Waals surface area (Å²) in [6.45, 7) is 6.48. The van der Waals surface area contributed by atoms with Gasteiger partial charge in [0.25, 0.3) is 5.91 Å². The molecule has 2 amide bonds. The first kappa shape index (κ1) is 17.9. The summed E-state index contributed by atoms with van der Waals surface area (Å²) in [6, 6.07) is 3.81. The van der Waals surface area contributed by atoms with E-state index in [9.17, 15) is 14.4 Å². The fourth-order valence-corrected chi connectivity index (χ4v) is 4.50. The number of rotatable bonds is 4.